The van der Waals surface area contributed by atoms with Crippen molar-refractivity contribution < 1.29 is 9.84 Å². The number of ether oxygens (including phenoxy) is 1. The van der Waals surface area contributed by atoms with Gasteiger partial charge in [0.05, 0.1) is 6.61 Å². The fraction of sp³-hybridized carbons (Fsp3) is 1.00. The molecule has 3 heteroatoms. The predicted octanol–water partition coefficient (Wildman–Crippen LogP) is 0.385. The van der Waals surface area contributed by atoms with E-state index < -0.39 is 0 Å². The number of nitrogens with one attached hydrogen (secondary N) is 1. The van der Waals surface area contributed by atoms with Crippen molar-refractivity contribution in [3.63, 3.8) is 0 Å². The molecule has 0 fully saturated rings. The largest absolute Gasteiger partial charge is 0.396 e. The Labute approximate surface area is 68.8 Å². The van der Waals surface area contributed by atoms with Crippen molar-refractivity contribution in [2.75, 3.05) is 32.9 Å². The van der Waals surface area contributed by atoms with E-state index in [4.69, 9.17) is 9.84 Å². The lowest BCUT2D eigenvalue weighted by Gasteiger charge is -2.03. The van der Waals surface area contributed by atoms with Crippen LogP contribution in [0.4, 0.5) is 0 Å². The van der Waals surface area contributed by atoms with Crippen molar-refractivity contribution >= 4 is 0 Å². The number of rotatable bonds is 8. The Morgan fingerprint density at radius 3 is 2.73 bits per heavy atom. The molecule has 2 N–H and O–H groups in total. The minimum atomic E-state index is 0.267. The first-order chi connectivity index (χ1) is 5.41. The summed E-state index contributed by atoms with van der Waals surface area (Å²) in [5.41, 5.74) is 0. The van der Waals surface area contributed by atoms with E-state index in [9.17, 15) is 0 Å². The van der Waals surface area contributed by atoms with Crippen molar-refractivity contribution in [1.29, 1.82) is 0 Å². The number of hydrogen-bond acceptors (Lipinski definition) is 3. The van der Waals surface area contributed by atoms with E-state index in [1.165, 1.54) is 0 Å². The molecule has 0 heterocycles. The van der Waals surface area contributed by atoms with E-state index >= 15 is 0 Å². The summed E-state index contributed by atoms with van der Waals surface area (Å²) in [6.07, 6.45) is 1.91. The standard InChI is InChI=1S/C8H19NO2/c1-2-7-11-8-5-9-4-3-6-10/h9-10H,2-8H2,1H3. The van der Waals surface area contributed by atoms with E-state index in [1.807, 2.05) is 0 Å². The van der Waals surface area contributed by atoms with Gasteiger partial charge in [-0.1, -0.05) is 6.92 Å². The first-order valence-electron chi connectivity index (χ1n) is 4.31. The van der Waals surface area contributed by atoms with Crippen LogP contribution in [0.1, 0.15) is 19.8 Å². The highest BCUT2D eigenvalue weighted by molar-refractivity contribution is 4.45. The fourth-order valence-electron chi connectivity index (χ4n) is 0.720. The van der Waals surface area contributed by atoms with Crippen LogP contribution >= 0.6 is 0 Å². The van der Waals surface area contributed by atoms with E-state index in [0.717, 1.165) is 39.1 Å². The Morgan fingerprint density at radius 2 is 2.09 bits per heavy atom. The Hall–Kier alpha value is -0.120. The van der Waals surface area contributed by atoms with Crippen LogP contribution in [0.2, 0.25) is 0 Å². The Bertz CT molecular complexity index is 61.1. The van der Waals surface area contributed by atoms with Gasteiger partial charge < -0.3 is 15.2 Å². The molecule has 0 atom stereocenters. The SMILES string of the molecule is CCCOCCNCCCO. The minimum absolute atomic E-state index is 0.267. The average molecular weight is 161 g/mol. The molecule has 11 heavy (non-hydrogen) atoms. The second-order valence-electron chi connectivity index (χ2n) is 2.44. The van der Waals surface area contributed by atoms with Crippen LogP contribution in [0.3, 0.4) is 0 Å². The molecular formula is C8H19NO2. The molecule has 0 saturated heterocycles. The maximum absolute atomic E-state index is 8.44. The third-order valence-corrected chi connectivity index (χ3v) is 1.28. The monoisotopic (exact) mass is 161 g/mol. The number of aliphatic hydroxyl groups excluding tert-OH is 1. The van der Waals surface area contributed by atoms with Crippen molar-refractivity contribution in [3.05, 3.63) is 0 Å². The molecule has 0 unspecified atom stereocenters. The maximum Gasteiger partial charge on any atom is 0.0590 e. The molecule has 0 aromatic rings. The molecule has 0 aliphatic heterocycles. The first kappa shape index (κ1) is 10.9. The summed E-state index contributed by atoms with van der Waals surface area (Å²) >= 11 is 0. The fourth-order valence-corrected chi connectivity index (χ4v) is 0.720. The van der Waals surface area contributed by atoms with Crippen molar-refractivity contribution in [3.8, 4) is 0 Å². The summed E-state index contributed by atoms with van der Waals surface area (Å²) in [7, 11) is 0. The van der Waals surface area contributed by atoms with Gasteiger partial charge in [-0.3, -0.25) is 0 Å². The second-order valence-corrected chi connectivity index (χ2v) is 2.44. The van der Waals surface area contributed by atoms with Gasteiger partial charge in [-0.15, -0.1) is 0 Å². The quantitative estimate of drug-likeness (QED) is 0.506. The molecule has 0 aliphatic carbocycles. The van der Waals surface area contributed by atoms with Gasteiger partial charge in [-0.05, 0) is 19.4 Å². The van der Waals surface area contributed by atoms with Gasteiger partial charge in [-0.2, -0.15) is 0 Å². The second kappa shape index (κ2) is 9.88. The molecule has 0 aliphatic rings. The van der Waals surface area contributed by atoms with Crippen LogP contribution in [0.25, 0.3) is 0 Å². The Morgan fingerprint density at radius 1 is 1.27 bits per heavy atom. The molecule has 0 radical (unpaired) electrons. The Balaban J connectivity index is 2.69. The van der Waals surface area contributed by atoms with Gasteiger partial charge >= 0.3 is 0 Å². The Kier molecular flexibility index (Phi) is 9.77. The van der Waals surface area contributed by atoms with Crippen LogP contribution in [-0.4, -0.2) is 38.0 Å². The first-order valence-corrected chi connectivity index (χ1v) is 4.31. The smallest absolute Gasteiger partial charge is 0.0590 e. The van der Waals surface area contributed by atoms with Crippen molar-refractivity contribution in [1.82, 2.24) is 5.32 Å². The lowest BCUT2D eigenvalue weighted by molar-refractivity contribution is 0.136. The van der Waals surface area contributed by atoms with E-state index in [2.05, 4.69) is 12.2 Å². The lowest BCUT2D eigenvalue weighted by atomic mass is 10.4. The normalized spacial score (nSPS) is 10.4. The summed E-state index contributed by atoms with van der Waals surface area (Å²) in [6.45, 7) is 5.76. The van der Waals surface area contributed by atoms with E-state index in [-0.39, 0.29) is 6.61 Å². The van der Waals surface area contributed by atoms with Gasteiger partial charge in [0.1, 0.15) is 0 Å². The lowest BCUT2D eigenvalue weighted by Crippen LogP contribution is -2.21. The summed E-state index contributed by atoms with van der Waals surface area (Å²) in [6, 6.07) is 0. The highest BCUT2D eigenvalue weighted by Gasteiger charge is 1.86. The van der Waals surface area contributed by atoms with Crippen molar-refractivity contribution in [2.24, 2.45) is 0 Å². The molecule has 0 aromatic carbocycles. The molecule has 3 nitrogen and oxygen atoms in total. The summed E-state index contributed by atoms with van der Waals surface area (Å²) in [4.78, 5) is 0. The average Bonchev–Trinajstić information content (AvgIpc) is 2.03. The summed E-state index contributed by atoms with van der Waals surface area (Å²) in [5.74, 6) is 0. The highest BCUT2D eigenvalue weighted by atomic mass is 16.5. The molecular weight excluding hydrogens is 142 g/mol. The van der Waals surface area contributed by atoms with Crippen LogP contribution in [-0.2, 0) is 4.74 Å². The molecule has 0 saturated carbocycles. The third-order valence-electron chi connectivity index (χ3n) is 1.28. The summed E-state index contributed by atoms with van der Waals surface area (Å²) < 4.78 is 5.24. The van der Waals surface area contributed by atoms with E-state index in [1.54, 1.807) is 0 Å². The van der Waals surface area contributed by atoms with Crippen LogP contribution in [0, 0.1) is 0 Å². The zero-order chi connectivity index (χ0) is 8.36. The molecule has 0 amide bonds. The van der Waals surface area contributed by atoms with Crippen LogP contribution in [0.5, 0.6) is 0 Å². The van der Waals surface area contributed by atoms with Gasteiger partial charge in [0, 0.05) is 19.8 Å². The summed E-state index contributed by atoms with van der Waals surface area (Å²) in [5, 5.41) is 11.6. The maximum atomic E-state index is 8.44. The number of aliphatic hydroxyl groups is 1. The highest BCUT2D eigenvalue weighted by Crippen LogP contribution is 1.78. The number of hydrogen-bond donors (Lipinski definition) is 2. The van der Waals surface area contributed by atoms with Gasteiger partial charge in [0.2, 0.25) is 0 Å². The van der Waals surface area contributed by atoms with Gasteiger partial charge in [-0.25, -0.2) is 0 Å². The molecule has 0 bridgehead atoms. The van der Waals surface area contributed by atoms with E-state index in [0.29, 0.717) is 0 Å². The zero-order valence-electron chi connectivity index (χ0n) is 7.31. The molecule has 0 aromatic heterocycles. The van der Waals surface area contributed by atoms with Crippen LogP contribution < -0.4 is 5.32 Å². The third kappa shape index (κ3) is 9.88. The molecule has 0 rings (SSSR count). The van der Waals surface area contributed by atoms with Crippen molar-refractivity contribution in [2.45, 2.75) is 19.8 Å². The predicted molar refractivity (Wildman–Crippen MR) is 45.7 cm³/mol. The molecule has 0 spiro atoms. The molecule has 68 valence electrons. The van der Waals surface area contributed by atoms with Gasteiger partial charge in [0.25, 0.3) is 0 Å². The van der Waals surface area contributed by atoms with Crippen LogP contribution in [0.15, 0.2) is 0 Å². The van der Waals surface area contributed by atoms with Gasteiger partial charge in [0.15, 0.2) is 0 Å². The topological polar surface area (TPSA) is 41.5 Å². The minimum Gasteiger partial charge on any atom is -0.396 e. The zero-order valence-corrected chi connectivity index (χ0v) is 7.31.